The Bertz CT molecular complexity index is 236. The fraction of sp³-hybridized carbons (Fsp3) is 0.750. The van der Waals surface area contributed by atoms with Crippen molar-refractivity contribution < 1.29 is 22.6 Å². The fourth-order valence-corrected chi connectivity index (χ4v) is 0.806. The lowest BCUT2D eigenvalue weighted by Gasteiger charge is -2.01. The van der Waals surface area contributed by atoms with E-state index in [-0.39, 0.29) is 13.2 Å². The van der Waals surface area contributed by atoms with Gasteiger partial charge < -0.3 is 5.32 Å². The van der Waals surface area contributed by atoms with Crippen molar-refractivity contribution >= 4 is 16.0 Å². The van der Waals surface area contributed by atoms with Crippen LogP contribution in [0.4, 0.5) is 0 Å². The molecule has 8 heteroatoms. The fourth-order valence-electron chi connectivity index (χ4n) is 0.446. The molecule has 4 N–H and O–H groups in total. The van der Waals surface area contributed by atoms with E-state index >= 15 is 0 Å². The van der Waals surface area contributed by atoms with Crippen LogP contribution in [0, 0.1) is 0 Å². The van der Waals surface area contributed by atoms with E-state index in [0.717, 1.165) is 0 Å². The minimum Gasteiger partial charge on any atom is -0.353 e. The summed E-state index contributed by atoms with van der Waals surface area (Å²) < 4.78 is 28.5. The number of nitrogens with two attached hydrogens (primary N) is 1. The third kappa shape index (κ3) is 7.41. The van der Waals surface area contributed by atoms with E-state index in [1.807, 2.05) is 0 Å². The molecule has 0 heterocycles. The molecular formula is C4H10N2O5S. The molecule has 12 heavy (non-hydrogen) atoms. The van der Waals surface area contributed by atoms with Gasteiger partial charge in [0.25, 0.3) is 10.1 Å². The molecule has 0 atom stereocenters. The Kier molecular flexibility index (Phi) is 4.74. The summed E-state index contributed by atoms with van der Waals surface area (Å²) in [5, 5.41) is 2.16. The van der Waals surface area contributed by atoms with E-state index in [1.165, 1.54) is 0 Å². The average molecular weight is 198 g/mol. The van der Waals surface area contributed by atoms with Gasteiger partial charge in [0.05, 0.1) is 5.75 Å². The molecule has 0 radical (unpaired) electrons. The predicted molar refractivity (Wildman–Crippen MR) is 39.6 cm³/mol. The van der Waals surface area contributed by atoms with Gasteiger partial charge in [-0.1, -0.05) is 0 Å². The van der Waals surface area contributed by atoms with Gasteiger partial charge in [0.1, 0.15) is 6.61 Å². The molecule has 0 saturated heterocycles. The van der Waals surface area contributed by atoms with E-state index in [0.29, 0.717) is 0 Å². The normalized spacial score (nSPS) is 11.2. The van der Waals surface area contributed by atoms with Crippen LogP contribution in [0.15, 0.2) is 0 Å². The highest BCUT2D eigenvalue weighted by atomic mass is 32.2. The molecule has 0 aliphatic carbocycles. The minimum atomic E-state index is -4.02. The molecule has 1 amide bonds. The summed E-state index contributed by atoms with van der Waals surface area (Å²) >= 11 is 0. The molecule has 0 rings (SSSR count). The van der Waals surface area contributed by atoms with Crippen molar-refractivity contribution in [1.29, 1.82) is 0 Å². The predicted octanol–water partition coefficient (Wildman–Crippen LogP) is -2.12. The van der Waals surface area contributed by atoms with Crippen LogP contribution in [0.3, 0.4) is 0 Å². The molecular weight excluding hydrogens is 188 g/mol. The Morgan fingerprint density at radius 2 is 2.17 bits per heavy atom. The van der Waals surface area contributed by atoms with Gasteiger partial charge >= 0.3 is 0 Å². The van der Waals surface area contributed by atoms with Crippen LogP contribution in [-0.4, -0.2) is 37.8 Å². The average Bonchev–Trinajstić information content (AvgIpc) is 1.84. The maximum atomic E-state index is 10.5. The molecule has 0 aliphatic rings. The first kappa shape index (κ1) is 11.3. The van der Waals surface area contributed by atoms with Crippen LogP contribution in [0.2, 0.25) is 0 Å². The SMILES string of the molecule is NOCC(=O)NCCS(=O)(=O)O. The summed E-state index contributed by atoms with van der Waals surface area (Å²) in [6.45, 7) is -0.507. The van der Waals surface area contributed by atoms with Crippen LogP contribution in [-0.2, 0) is 19.8 Å². The number of carbonyl (C=O) groups is 1. The summed E-state index contributed by atoms with van der Waals surface area (Å²) in [5.41, 5.74) is 0. The second-order valence-electron chi connectivity index (χ2n) is 1.95. The lowest BCUT2D eigenvalue weighted by atomic mass is 10.6. The highest BCUT2D eigenvalue weighted by Gasteiger charge is 2.05. The van der Waals surface area contributed by atoms with Crippen molar-refractivity contribution in [2.45, 2.75) is 0 Å². The molecule has 0 fully saturated rings. The number of hydrogen-bond acceptors (Lipinski definition) is 5. The van der Waals surface area contributed by atoms with Crippen molar-refractivity contribution in [3.8, 4) is 0 Å². The van der Waals surface area contributed by atoms with E-state index in [2.05, 4.69) is 16.1 Å². The van der Waals surface area contributed by atoms with E-state index in [9.17, 15) is 13.2 Å². The zero-order chi connectivity index (χ0) is 9.61. The standard InChI is InChI=1S/C4H10N2O5S/c5-11-3-4(7)6-1-2-12(8,9)10/h1-3,5H2,(H,6,7)(H,8,9,10). The first-order chi connectivity index (χ1) is 5.45. The van der Waals surface area contributed by atoms with E-state index < -0.39 is 21.8 Å². The first-order valence-corrected chi connectivity index (χ1v) is 4.60. The second kappa shape index (κ2) is 5.04. The van der Waals surface area contributed by atoms with Crippen molar-refractivity contribution in [3.63, 3.8) is 0 Å². The summed E-state index contributed by atoms with van der Waals surface area (Å²) in [4.78, 5) is 14.5. The van der Waals surface area contributed by atoms with Crippen molar-refractivity contribution in [1.82, 2.24) is 5.32 Å². The van der Waals surface area contributed by atoms with Crippen LogP contribution in [0.5, 0.6) is 0 Å². The van der Waals surface area contributed by atoms with Crippen LogP contribution < -0.4 is 11.2 Å². The Morgan fingerprint density at radius 3 is 2.58 bits per heavy atom. The second-order valence-corrected chi connectivity index (χ2v) is 3.52. The summed E-state index contributed by atoms with van der Waals surface area (Å²) in [6, 6.07) is 0. The van der Waals surface area contributed by atoms with Crippen molar-refractivity contribution in [3.05, 3.63) is 0 Å². The molecule has 0 spiro atoms. The van der Waals surface area contributed by atoms with E-state index in [4.69, 9.17) is 4.55 Å². The molecule has 72 valence electrons. The maximum absolute atomic E-state index is 10.5. The van der Waals surface area contributed by atoms with Crippen molar-refractivity contribution in [2.24, 2.45) is 5.90 Å². The minimum absolute atomic E-state index is 0.166. The topological polar surface area (TPSA) is 119 Å². The molecule has 0 saturated carbocycles. The first-order valence-electron chi connectivity index (χ1n) is 2.99. The largest absolute Gasteiger partial charge is 0.353 e. The Balaban J connectivity index is 3.51. The Morgan fingerprint density at radius 1 is 1.58 bits per heavy atom. The van der Waals surface area contributed by atoms with Gasteiger partial charge in [-0.2, -0.15) is 8.42 Å². The number of amides is 1. The zero-order valence-corrected chi connectivity index (χ0v) is 7.00. The number of carbonyl (C=O) groups excluding carboxylic acids is 1. The molecule has 7 nitrogen and oxygen atoms in total. The number of rotatable bonds is 5. The van der Waals surface area contributed by atoms with Gasteiger partial charge in [-0.25, -0.2) is 5.90 Å². The summed E-state index contributed by atoms with van der Waals surface area (Å²) in [5.74, 6) is 3.49. The van der Waals surface area contributed by atoms with Crippen molar-refractivity contribution in [2.75, 3.05) is 18.9 Å². The Labute approximate surface area is 69.6 Å². The van der Waals surface area contributed by atoms with Crippen LogP contribution in [0.1, 0.15) is 0 Å². The maximum Gasteiger partial charge on any atom is 0.266 e. The Hall–Kier alpha value is -0.700. The molecule has 0 aliphatic heterocycles. The van der Waals surface area contributed by atoms with Crippen LogP contribution in [0.25, 0.3) is 0 Å². The summed E-state index contributed by atoms with van der Waals surface area (Å²) in [6.07, 6.45) is 0. The third-order valence-electron chi connectivity index (χ3n) is 0.897. The van der Waals surface area contributed by atoms with Gasteiger partial charge in [-0.05, 0) is 0 Å². The third-order valence-corrected chi connectivity index (χ3v) is 1.62. The molecule has 0 aromatic rings. The molecule has 0 unspecified atom stereocenters. The highest BCUT2D eigenvalue weighted by molar-refractivity contribution is 7.85. The van der Waals surface area contributed by atoms with Gasteiger partial charge in [-0.15, -0.1) is 0 Å². The van der Waals surface area contributed by atoms with Gasteiger partial charge in [0.15, 0.2) is 0 Å². The lowest BCUT2D eigenvalue weighted by Crippen LogP contribution is -2.32. The number of nitrogens with one attached hydrogen (secondary N) is 1. The van der Waals surface area contributed by atoms with Gasteiger partial charge in [0, 0.05) is 6.54 Å². The zero-order valence-electron chi connectivity index (χ0n) is 6.19. The van der Waals surface area contributed by atoms with Gasteiger partial charge in [0.2, 0.25) is 5.91 Å². The molecule has 0 aromatic carbocycles. The van der Waals surface area contributed by atoms with E-state index in [1.54, 1.807) is 0 Å². The lowest BCUT2D eigenvalue weighted by molar-refractivity contribution is -0.125. The summed E-state index contributed by atoms with van der Waals surface area (Å²) in [7, 11) is -4.02. The number of hydrogen-bond donors (Lipinski definition) is 3. The molecule has 0 aromatic heterocycles. The quantitative estimate of drug-likeness (QED) is 0.343. The van der Waals surface area contributed by atoms with Crippen LogP contribution >= 0.6 is 0 Å². The van der Waals surface area contributed by atoms with Gasteiger partial charge in [-0.3, -0.25) is 14.2 Å². The molecule has 0 bridgehead atoms. The monoisotopic (exact) mass is 198 g/mol. The highest BCUT2D eigenvalue weighted by Crippen LogP contribution is 1.78. The smallest absolute Gasteiger partial charge is 0.266 e.